The van der Waals surface area contributed by atoms with Crippen LogP contribution in [0.3, 0.4) is 0 Å². The van der Waals surface area contributed by atoms with Crippen LogP contribution in [0.2, 0.25) is 0 Å². The number of amides is 1. The molecule has 2 heterocycles. The second-order valence-electron chi connectivity index (χ2n) is 7.29. The molecule has 32 heavy (non-hydrogen) atoms. The number of fused-ring (bicyclic) bond motifs is 1. The highest BCUT2D eigenvalue weighted by atomic mass is 35.5. The number of benzene rings is 2. The lowest BCUT2D eigenvalue weighted by Crippen LogP contribution is -2.29. The highest BCUT2D eigenvalue weighted by Crippen LogP contribution is 2.38. The maximum absolute atomic E-state index is 12.7. The molecule has 0 radical (unpaired) electrons. The number of nitrogens with one attached hydrogen (secondary N) is 1. The Morgan fingerprint density at radius 1 is 1.16 bits per heavy atom. The first-order valence-electron chi connectivity index (χ1n) is 9.89. The fourth-order valence-electron chi connectivity index (χ4n) is 3.71. The Hall–Kier alpha value is -3.18. The van der Waals surface area contributed by atoms with Crippen LogP contribution in [0.5, 0.6) is 0 Å². The normalized spacial score (nSPS) is 12.8. The summed E-state index contributed by atoms with van der Waals surface area (Å²) >= 11 is 1.42. The van der Waals surface area contributed by atoms with Crippen molar-refractivity contribution in [3.8, 4) is 6.07 Å². The molecule has 164 valence electrons. The summed E-state index contributed by atoms with van der Waals surface area (Å²) in [4.78, 5) is 28.7. The predicted octanol–water partition coefficient (Wildman–Crippen LogP) is 4.64. The Labute approximate surface area is 196 Å². The number of rotatable bonds is 5. The first-order valence-corrected chi connectivity index (χ1v) is 10.7. The van der Waals surface area contributed by atoms with Crippen molar-refractivity contribution in [2.24, 2.45) is 0 Å². The Kier molecular flexibility index (Phi) is 7.65. The molecule has 1 aromatic heterocycles. The molecule has 0 bridgehead atoms. The van der Waals surface area contributed by atoms with Gasteiger partial charge in [-0.2, -0.15) is 5.26 Å². The average Bonchev–Trinajstić information content (AvgIpc) is 3.16. The van der Waals surface area contributed by atoms with Gasteiger partial charge in [0.2, 0.25) is 0 Å². The van der Waals surface area contributed by atoms with Crippen molar-refractivity contribution in [1.82, 2.24) is 4.90 Å². The standard InChI is InChI=1S/C24H21N3O3S.ClH/c1-30-24(29)21-19-11-12-27(14-17-5-3-2-4-6-17)15-20(19)31-23(21)26-22(28)18-9-7-16(13-25)8-10-18;/h2-10H,11-12,14-15H2,1H3,(H,26,28);1H. The lowest BCUT2D eigenvalue weighted by molar-refractivity contribution is 0.0600. The van der Waals surface area contributed by atoms with Crippen molar-refractivity contribution in [2.45, 2.75) is 19.5 Å². The molecule has 0 fully saturated rings. The van der Waals surface area contributed by atoms with Crippen LogP contribution in [0.1, 0.15) is 42.3 Å². The van der Waals surface area contributed by atoms with Gasteiger partial charge in [0.15, 0.2) is 0 Å². The van der Waals surface area contributed by atoms with E-state index in [0.717, 1.165) is 30.0 Å². The lowest BCUT2D eigenvalue weighted by Gasteiger charge is -2.27. The van der Waals surface area contributed by atoms with Gasteiger partial charge in [0.1, 0.15) is 5.00 Å². The largest absolute Gasteiger partial charge is 0.465 e. The summed E-state index contributed by atoms with van der Waals surface area (Å²) in [6.45, 7) is 2.37. The number of hydrogen-bond donors (Lipinski definition) is 1. The Morgan fingerprint density at radius 2 is 1.88 bits per heavy atom. The number of ether oxygens (including phenoxy) is 1. The quantitative estimate of drug-likeness (QED) is 0.553. The van der Waals surface area contributed by atoms with Gasteiger partial charge in [0, 0.05) is 30.1 Å². The molecule has 1 aliphatic rings. The van der Waals surface area contributed by atoms with Gasteiger partial charge in [0.05, 0.1) is 24.3 Å². The number of nitriles is 1. The third-order valence-corrected chi connectivity index (χ3v) is 6.41. The van der Waals surface area contributed by atoms with E-state index < -0.39 is 5.97 Å². The van der Waals surface area contributed by atoms with E-state index in [1.807, 2.05) is 24.3 Å². The number of anilines is 1. The second-order valence-corrected chi connectivity index (χ2v) is 8.39. The number of nitrogens with zero attached hydrogens (tertiary/aromatic N) is 2. The molecule has 0 unspecified atom stereocenters. The van der Waals surface area contributed by atoms with Gasteiger partial charge >= 0.3 is 5.97 Å². The van der Waals surface area contributed by atoms with Gasteiger partial charge in [0.25, 0.3) is 5.91 Å². The van der Waals surface area contributed by atoms with E-state index >= 15 is 0 Å². The summed E-state index contributed by atoms with van der Waals surface area (Å²) in [5.74, 6) is -0.765. The van der Waals surface area contributed by atoms with Crippen molar-refractivity contribution in [3.05, 3.63) is 87.3 Å². The fraction of sp³-hybridized carbons (Fsp3) is 0.208. The minimum atomic E-state index is -0.441. The maximum Gasteiger partial charge on any atom is 0.341 e. The first kappa shape index (κ1) is 23.5. The van der Waals surface area contributed by atoms with E-state index in [0.29, 0.717) is 28.2 Å². The molecule has 3 aromatic rings. The Balaban J connectivity index is 0.00000289. The van der Waals surface area contributed by atoms with Gasteiger partial charge in [-0.25, -0.2) is 4.79 Å². The predicted molar refractivity (Wildman–Crippen MR) is 126 cm³/mol. The number of methoxy groups -OCH3 is 1. The van der Waals surface area contributed by atoms with Crippen molar-refractivity contribution < 1.29 is 14.3 Å². The molecule has 0 saturated carbocycles. The molecule has 6 nitrogen and oxygen atoms in total. The van der Waals surface area contributed by atoms with Crippen LogP contribution in [-0.4, -0.2) is 30.4 Å². The lowest BCUT2D eigenvalue weighted by atomic mass is 10.0. The highest BCUT2D eigenvalue weighted by Gasteiger charge is 2.29. The summed E-state index contributed by atoms with van der Waals surface area (Å²) in [5, 5.41) is 12.3. The zero-order chi connectivity index (χ0) is 21.8. The SMILES string of the molecule is COC(=O)c1c(NC(=O)c2ccc(C#N)cc2)sc2c1CCN(Cc1ccccc1)C2.Cl. The zero-order valence-electron chi connectivity index (χ0n) is 17.5. The maximum atomic E-state index is 12.7. The van der Waals surface area contributed by atoms with E-state index in [2.05, 4.69) is 22.3 Å². The van der Waals surface area contributed by atoms with Crippen LogP contribution < -0.4 is 5.32 Å². The minimum Gasteiger partial charge on any atom is -0.465 e. The van der Waals surface area contributed by atoms with Crippen LogP contribution in [-0.2, 0) is 24.2 Å². The fourth-order valence-corrected chi connectivity index (χ4v) is 4.98. The molecular formula is C24H22ClN3O3S. The smallest absolute Gasteiger partial charge is 0.341 e. The number of thiophene rings is 1. The average molecular weight is 468 g/mol. The summed E-state index contributed by atoms with van der Waals surface area (Å²) in [7, 11) is 1.35. The Morgan fingerprint density at radius 3 is 2.53 bits per heavy atom. The number of carbonyl (C=O) groups excluding carboxylic acids is 2. The molecule has 0 spiro atoms. The first-order chi connectivity index (χ1) is 15.1. The summed E-state index contributed by atoms with van der Waals surface area (Å²) < 4.78 is 5.01. The summed E-state index contributed by atoms with van der Waals surface area (Å²) in [6.07, 6.45) is 0.718. The molecule has 8 heteroatoms. The molecule has 0 atom stereocenters. The molecule has 1 aliphatic heterocycles. The zero-order valence-corrected chi connectivity index (χ0v) is 19.1. The molecule has 2 aromatic carbocycles. The Bertz CT molecular complexity index is 1150. The van der Waals surface area contributed by atoms with Crippen LogP contribution in [0.25, 0.3) is 0 Å². The van der Waals surface area contributed by atoms with Crippen LogP contribution in [0.4, 0.5) is 5.00 Å². The van der Waals surface area contributed by atoms with E-state index in [1.165, 1.54) is 24.0 Å². The molecule has 0 aliphatic carbocycles. The third kappa shape index (κ3) is 5.00. The van der Waals surface area contributed by atoms with Gasteiger partial charge in [-0.05, 0) is 41.8 Å². The topological polar surface area (TPSA) is 82.4 Å². The number of carbonyl (C=O) groups is 2. The van der Waals surface area contributed by atoms with Gasteiger partial charge in [-0.1, -0.05) is 30.3 Å². The van der Waals surface area contributed by atoms with Crippen LogP contribution >= 0.6 is 23.7 Å². The summed E-state index contributed by atoms with van der Waals surface area (Å²) in [5.41, 5.74) is 3.55. The monoisotopic (exact) mass is 467 g/mol. The molecule has 0 saturated heterocycles. The van der Waals surface area contributed by atoms with E-state index in [9.17, 15) is 9.59 Å². The molecule has 1 N–H and O–H groups in total. The minimum absolute atomic E-state index is 0. The van der Waals surface area contributed by atoms with Crippen molar-refractivity contribution in [1.29, 1.82) is 5.26 Å². The second kappa shape index (κ2) is 10.4. The number of hydrogen-bond acceptors (Lipinski definition) is 6. The van der Waals surface area contributed by atoms with Gasteiger partial charge in [-0.3, -0.25) is 9.69 Å². The number of esters is 1. The van der Waals surface area contributed by atoms with E-state index in [1.54, 1.807) is 24.3 Å². The third-order valence-electron chi connectivity index (χ3n) is 5.28. The molecule has 4 rings (SSSR count). The van der Waals surface area contributed by atoms with E-state index in [-0.39, 0.29) is 18.3 Å². The van der Waals surface area contributed by atoms with Gasteiger partial charge < -0.3 is 10.1 Å². The number of halogens is 1. The van der Waals surface area contributed by atoms with Crippen molar-refractivity contribution in [2.75, 3.05) is 19.0 Å². The summed E-state index contributed by atoms with van der Waals surface area (Å²) in [6, 6.07) is 18.7. The molecule has 1 amide bonds. The van der Waals surface area contributed by atoms with Crippen molar-refractivity contribution >= 4 is 40.6 Å². The van der Waals surface area contributed by atoms with Crippen molar-refractivity contribution in [3.63, 3.8) is 0 Å². The van der Waals surface area contributed by atoms with E-state index in [4.69, 9.17) is 10.00 Å². The van der Waals surface area contributed by atoms with Gasteiger partial charge in [-0.15, -0.1) is 23.7 Å². The van der Waals surface area contributed by atoms with Crippen LogP contribution in [0, 0.1) is 11.3 Å². The highest BCUT2D eigenvalue weighted by molar-refractivity contribution is 7.17. The van der Waals surface area contributed by atoms with Crippen LogP contribution in [0.15, 0.2) is 54.6 Å². The molecular weight excluding hydrogens is 446 g/mol.